The monoisotopic (exact) mass is 433 g/mol. The van der Waals surface area contributed by atoms with Crippen molar-refractivity contribution in [1.29, 1.82) is 0 Å². The number of nitrogens with zero attached hydrogens (tertiary/aromatic N) is 3. The van der Waals surface area contributed by atoms with E-state index in [2.05, 4.69) is 29.7 Å². The molecule has 0 aliphatic heterocycles. The molecule has 0 atom stereocenters. The molecule has 0 aliphatic rings. The van der Waals surface area contributed by atoms with Crippen LogP contribution in [-0.4, -0.2) is 15.0 Å². The van der Waals surface area contributed by atoms with E-state index in [0.717, 1.165) is 38.7 Å². The van der Waals surface area contributed by atoms with E-state index in [9.17, 15) is 0 Å². The molecule has 5 rings (SSSR count). The Labute approximate surface area is 192 Å². The van der Waals surface area contributed by atoms with Crippen molar-refractivity contribution in [2.45, 2.75) is 4.90 Å². The normalized spacial score (nSPS) is 10.7. The van der Waals surface area contributed by atoms with Crippen LogP contribution in [0.15, 0.2) is 114 Å². The van der Waals surface area contributed by atoms with Crippen LogP contribution in [-0.2, 0) is 0 Å². The molecule has 0 spiro atoms. The Bertz CT molecular complexity index is 1360. The van der Waals surface area contributed by atoms with E-state index in [1.165, 1.54) is 0 Å². The SMILES string of the molecule is Sc1ccccc1-c1cc(-c2cccc(Oc3ccccn3)n2)cc(-c2ccccc2)n1. The zero-order valence-electron chi connectivity index (χ0n) is 17.1. The van der Waals surface area contributed by atoms with Gasteiger partial charge in [0.25, 0.3) is 0 Å². The molecule has 5 aromatic rings. The van der Waals surface area contributed by atoms with Gasteiger partial charge in [-0.25, -0.2) is 15.0 Å². The number of hydrogen-bond acceptors (Lipinski definition) is 5. The van der Waals surface area contributed by atoms with Crippen molar-refractivity contribution in [1.82, 2.24) is 15.0 Å². The van der Waals surface area contributed by atoms with E-state index in [4.69, 9.17) is 14.7 Å². The highest BCUT2D eigenvalue weighted by atomic mass is 32.1. The summed E-state index contributed by atoms with van der Waals surface area (Å²) in [4.78, 5) is 14.7. The maximum Gasteiger partial charge on any atom is 0.221 e. The molecule has 0 bridgehead atoms. The van der Waals surface area contributed by atoms with Gasteiger partial charge >= 0.3 is 0 Å². The summed E-state index contributed by atoms with van der Waals surface area (Å²) in [5.41, 5.74) is 5.44. The molecular weight excluding hydrogens is 414 g/mol. The molecule has 4 nitrogen and oxygen atoms in total. The van der Waals surface area contributed by atoms with Crippen molar-refractivity contribution < 1.29 is 4.74 Å². The molecule has 0 saturated carbocycles. The fourth-order valence-corrected chi connectivity index (χ4v) is 3.69. The third-order valence-corrected chi connectivity index (χ3v) is 5.33. The fourth-order valence-electron chi connectivity index (χ4n) is 3.41. The number of thiol groups is 1. The minimum Gasteiger partial charge on any atom is -0.421 e. The molecule has 0 saturated heterocycles. The molecular formula is C27H19N3OS. The first kappa shape index (κ1) is 20.0. The van der Waals surface area contributed by atoms with Crippen LogP contribution in [0.1, 0.15) is 0 Å². The Kier molecular flexibility index (Phi) is 5.64. The van der Waals surface area contributed by atoms with E-state index < -0.39 is 0 Å². The second-order valence-electron chi connectivity index (χ2n) is 7.14. The van der Waals surface area contributed by atoms with Gasteiger partial charge in [-0.05, 0) is 30.3 Å². The maximum atomic E-state index is 5.84. The summed E-state index contributed by atoms with van der Waals surface area (Å²) in [6, 6.07) is 33.4. The van der Waals surface area contributed by atoms with Crippen LogP contribution in [0.3, 0.4) is 0 Å². The average molecular weight is 434 g/mol. The van der Waals surface area contributed by atoms with Crippen molar-refractivity contribution in [2.24, 2.45) is 0 Å². The molecule has 154 valence electrons. The largest absolute Gasteiger partial charge is 0.421 e. The number of rotatable bonds is 5. The molecule has 3 aromatic heterocycles. The number of aromatic nitrogens is 3. The fraction of sp³-hybridized carbons (Fsp3) is 0. The van der Waals surface area contributed by atoms with Crippen LogP contribution in [0.25, 0.3) is 33.8 Å². The molecule has 5 heteroatoms. The molecule has 2 aromatic carbocycles. The number of hydrogen-bond donors (Lipinski definition) is 1. The Balaban J connectivity index is 1.61. The predicted octanol–water partition coefficient (Wildman–Crippen LogP) is 6.95. The van der Waals surface area contributed by atoms with Gasteiger partial charge in [0.05, 0.1) is 17.1 Å². The minimum absolute atomic E-state index is 0.482. The lowest BCUT2D eigenvalue weighted by Gasteiger charge is -2.12. The van der Waals surface area contributed by atoms with Crippen LogP contribution in [0, 0.1) is 0 Å². The van der Waals surface area contributed by atoms with Gasteiger partial charge in [0.15, 0.2) is 0 Å². The lowest BCUT2D eigenvalue weighted by molar-refractivity contribution is 0.445. The second kappa shape index (κ2) is 9.04. The van der Waals surface area contributed by atoms with Crippen molar-refractivity contribution >= 4 is 12.6 Å². The minimum atomic E-state index is 0.482. The van der Waals surface area contributed by atoms with Crippen molar-refractivity contribution in [3.05, 3.63) is 109 Å². The van der Waals surface area contributed by atoms with Crippen molar-refractivity contribution in [3.8, 4) is 45.5 Å². The summed E-state index contributed by atoms with van der Waals surface area (Å²) in [5, 5.41) is 0. The van der Waals surface area contributed by atoms with Crippen LogP contribution in [0.4, 0.5) is 0 Å². The highest BCUT2D eigenvalue weighted by molar-refractivity contribution is 7.80. The highest BCUT2D eigenvalue weighted by Crippen LogP contribution is 2.32. The van der Waals surface area contributed by atoms with Gasteiger partial charge in [-0.15, -0.1) is 12.6 Å². The average Bonchev–Trinajstić information content (AvgIpc) is 2.85. The highest BCUT2D eigenvalue weighted by Gasteiger charge is 2.12. The molecule has 0 radical (unpaired) electrons. The summed E-state index contributed by atoms with van der Waals surface area (Å²) in [5.74, 6) is 0.983. The molecule has 0 amide bonds. The third kappa shape index (κ3) is 4.38. The molecule has 32 heavy (non-hydrogen) atoms. The smallest absolute Gasteiger partial charge is 0.221 e. The number of pyridine rings is 3. The summed E-state index contributed by atoms with van der Waals surface area (Å²) >= 11 is 4.64. The van der Waals surface area contributed by atoms with Crippen LogP contribution < -0.4 is 4.74 Å². The van der Waals surface area contributed by atoms with Crippen molar-refractivity contribution in [2.75, 3.05) is 0 Å². The predicted molar refractivity (Wildman–Crippen MR) is 130 cm³/mol. The molecule has 0 unspecified atom stereocenters. The summed E-state index contributed by atoms with van der Waals surface area (Å²) in [6.45, 7) is 0. The van der Waals surface area contributed by atoms with Gasteiger partial charge in [0, 0.05) is 39.9 Å². The van der Waals surface area contributed by atoms with Gasteiger partial charge in [-0.3, -0.25) is 0 Å². The maximum absolute atomic E-state index is 5.84. The topological polar surface area (TPSA) is 47.9 Å². The molecule has 0 N–H and O–H groups in total. The molecule has 3 heterocycles. The zero-order chi connectivity index (χ0) is 21.8. The van der Waals surface area contributed by atoms with Gasteiger partial charge in [-0.1, -0.05) is 60.7 Å². The zero-order valence-corrected chi connectivity index (χ0v) is 18.0. The third-order valence-electron chi connectivity index (χ3n) is 4.94. The Morgan fingerprint density at radius 1 is 0.562 bits per heavy atom. The standard InChI is InChI=1S/C27H19N3OS/c32-25-13-5-4-11-21(25)24-18-20(17-23(29-24)19-9-2-1-3-10-19)22-12-8-15-27(30-22)31-26-14-6-7-16-28-26/h1-18,32H. The van der Waals surface area contributed by atoms with E-state index in [1.54, 1.807) is 12.3 Å². The number of benzene rings is 2. The van der Waals surface area contributed by atoms with Gasteiger partial charge < -0.3 is 4.74 Å². The van der Waals surface area contributed by atoms with E-state index in [-0.39, 0.29) is 0 Å². The Morgan fingerprint density at radius 3 is 2.12 bits per heavy atom. The second-order valence-corrected chi connectivity index (χ2v) is 7.62. The van der Waals surface area contributed by atoms with Crippen LogP contribution in [0.5, 0.6) is 11.8 Å². The summed E-state index contributed by atoms with van der Waals surface area (Å²) in [6.07, 6.45) is 1.69. The number of ether oxygens (including phenoxy) is 1. The summed E-state index contributed by atoms with van der Waals surface area (Å²) < 4.78 is 5.84. The van der Waals surface area contributed by atoms with Crippen molar-refractivity contribution in [3.63, 3.8) is 0 Å². The van der Waals surface area contributed by atoms with Gasteiger partial charge in [0.1, 0.15) is 0 Å². The van der Waals surface area contributed by atoms with Crippen LogP contribution in [0.2, 0.25) is 0 Å². The Hall–Kier alpha value is -3.96. The molecule has 0 fully saturated rings. The van der Waals surface area contributed by atoms with E-state index in [1.807, 2.05) is 84.9 Å². The quantitative estimate of drug-likeness (QED) is 0.305. The summed E-state index contributed by atoms with van der Waals surface area (Å²) in [7, 11) is 0. The molecule has 0 aliphatic carbocycles. The first-order chi connectivity index (χ1) is 15.8. The van der Waals surface area contributed by atoms with Crippen LogP contribution >= 0.6 is 12.6 Å². The lowest BCUT2D eigenvalue weighted by Crippen LogP contribution is -1.95. The first-order valence-electron chi connectivity index (χ1n) is 10.2. The Morgan fingerprint density at radius 2 is 1.31 bits per heavy atom. The van der Waals surface area contributed by atoms with E-state index in [0.29, 0.717) is 11.8 Å². The van der Waals surface area contributed by atoms with Gasteiger partial charge in [0.2, 0.25) is 11.8 Å². The van der Waals surface area contributed by atoms with E-state index >= 15 is 0 Å². The first-order valence-corrected chi connectivity index (χ1v) is 10.6. The van der Waals surface area contributed by atoms with Gasteiger partial charge in [-0.2, -0.15) is 0 Å². The lowest BCUT2D eigenvalue weighted by atomic mass is 10.0.